The first kappa shape index (κ1) is 39.8. The second kappa shape index (κ2) is 19.1. The van der Waals surface area contributed by atoms with Crippen LogP contribution in [0.15, 0.2) is 47.7 Å². The second-order valence-corrected chi connectivity index (χ2v) is 14.8. The van der Waals surface area contributed by atoms with E-state index in [0.717, 1.165) is 49.0 Å². The predicted molar refractivity (Wildman–Crippen MR) is 200 cm³/mol. The standard InChI is InChI=1S/C41H61N3O8/c1-5-24-49-41-36(44(4)37(47)21-18-28-14-8-9-15-28)27-34(43-50-7-3)32-25-29(16-10-12-22-45)31(17-11-13-23-46)38(39(32)41)33-26-30(19-20-35(33)52-41)51-40(48)42-6-2/h5,19-20,25-26,28-29,31,36,38-39,45-46H,1,6-18,21-24,27H2,2-4H3,(H,42,48). The molecular weight excluding hydrogens is 662 g/mol. The molecule has 2 saturated carbocycles. The second-order valence-electron chi connectivity index (χ2n) is 14.8. The summed E-state index contributed by atoms with van der Waals surface area (Å²) in [6.45, 7) is 9.00. The van der Waals surface area contributed by atoms with Crippen molar-refractivity contribution in [3.8, 4) is 11.5 Å². The number of benzene rings is 1. The van der Waals surface area contributed by atoms with Crippen LogP contribution in [0.3, 0.4) is 0 Å². The SMILES string of the molecule is C=CCOC12Oc3ccc(OC(=O)NCC)cc3C3C(CCCCO)C(CCCCO)C=C(C(=NOCC)CC1N(C)C(=O)CCC1CCCC1)C32. The van der Waals surface area contributed by atoms with E-state index >= 15 is 0 Å². The Kier molecular flexibility index (Phi) is 14.6. The molecule has 5 rings (SSSR count). The van der Waals surface area contributed by atoms with E-state index in [-0.39, 0.29) is 43.5 Å². The van der Waals surface area contributed by atoms with Crippen LogP contribution in [0.1, 0.15) is 109 Å². The number of aliphatic hydroxyl groups is 2. The van der Waals surface area contributed by atoms with Gasteiger partial charge in [0.2, 0.25) is 11.7 Å². The third-order valence-corrected chi connectivity index (χ3v) is 11.6. The van der Waals surface area contributed by atoms with Gasteiger partial charge in [0.15, 0.2) is 0 Å². The lowest BCUT2D eigenvalue weighted by atomic mass is 9.55. The van der Waals surface area contributed by atoms with Gasteiger partial charge in [-0.1, -0.05) is 55.8 Å². The number of hydrogen-bond acceptors (Lipinski definition) is 9. The van der Waals surface area contributed by atoms with Crippen molar-refractivity contribution in [1.29, 1.82) is 0 Å². The van der Waals surface area contributed by atoms with Crippen molar-refractivity contribution >= 4 is 17.7 Å². The fourth-order valence-corrected chi connectivity index (χ4v) is 9.20. The number of nitrogens with zero attached hydrogens (tertiary/aromatic N) is 2. The largest absolute Gasteiger partial charge is 0.459 e. The number of nitrogens with one attached hydrogen (secondary N) is 1. The molecule has 4 aliphatic rings. The number of amides is 2. The van der Waals surface area contributed by atoms with Gasteiger partial charge in [0.05, 0.1) is 18.2 Å². The summed E-state index contributed by atoms with van der Waals surface area (Å²) in [5, 5.41) is 27.0. The number of oxime groups is 1. The number of ether oxygens (including phenoxy) is 3. The molecule has 11 nitrogen and oxygen atoms in total. The highest BCUT2D eigenvalue weighted by Gasteiger charge is 2.65. The summed E-state index contributed by atoms with van der Waals surface area (Å²) in [5.74, 6) is 0.0108. The molecule has 3 N–H and O–H groups in total. The predicted octanol–water partition coefficient (Wildman–Crippen LogP) is 6.88. The summed E-state index contributed by atoms with van der Waals surface area (Å²) in [6.07, 6.45) is 14.8. The fraction of sp³-hybridized carbons (Fsp3) is 0.683. The van der Waals surface area contributed by atoms with Crippen molar-refractivity contribution in [3.05, 3.63) is 48.1 Å². The zero-order chi connectivity index (χ0) is 37.1. The van der Waals surface area contributed by atoms with Crippen molar-refractivity contribution in [2.24, 2.45) is 28.8 Å². The monoisotopic (exact) mass is 723 g/mol. The van der Waals surface area contributed by atoms with E-state index in [9.17, 15) is 19.8 Å². The first-order valence-electron chi connectivity index (χ1n) is 19.7. The Labute approximate surface area is 309 Å². The van der Waals surface area contributed by atoms with E-state index in [4.69, 9.17) is 24.2 Å². The van der Waals surface area contributed by atoms with E-state index < -0.39 is 23.8 Å². The topological polar surface area (TPSA) is 139 Å². The van der Waals surface area contributed by atoms with Crippen molar-refractivity contribution < 1.29 is 38.9 Å². The van der Waals surface area contributed by atoms with Crippen molar-refractivity contribution in [3.63, 3.8) is 0 Å². The first-order valence-corrected chi connectivity index (χ1v) is 19.7. The molecule has 0 aromatic heterocycles. The molecule has 3 aliphatic carbocycles. The number of hydrogen-bond donors (Lipinski definition) is 3. The minimum Gasteiger partial charge on any atom is -0.459 e. The van der Waals surface area contributed by atoms with Crippen molar-refractivity contribution in [1.82, 2.24) is 10.2 Å². The fourth-order valence-electron chi connectivity index (χ4n) is 9.20. The molecule has 6 atom stereocenters. The molecule has 2 fully saturated rings. The molecule has 11 heteroatoms. The number of rotatable bonds is 19. The van der Waals surface area contributed by atoms with Gasteiger partial charge in [0.1, 0.15) is 24.1 Å². The summed E-state index contributed by atoms with van der Waals surface area (Å²) in [5.41, 5.74) is 2.67. The number of fused-ring (bicyclic) bond motifs is 2. The molecule has 1 heterocycles. The van der Waals surface area contributed by atoms with Crippen LogP contribution in [0.5, 0.6) is 11.5 Å². The van der Waals surface area contributed by atoms with Crippen LogP contribution < -0.4 is 14.8 Å². The molecule has 0 bridgehead atoms. The number of allylic oxidation sites excluding steroid dienone is 1. The molecular formula is C41H61N3O8. The number of unbranched alkanes of at least 4 members (excludes halogenated alkanes) is 2. The van der Waals surface area contributed by atoms with Gasteiger partial charge in [0, 0.05) is 51.1 Å². The number of aliphatic hydroxyl groups excluding tert-OH is 2. The summed E-state index contributed by atoms with van der Waals surface area (Å²) in [6, 6.07) is 4.98. The Morgan fingerprint density at radius 2 is 1.85 bits per heavy atom. The van der Waals surface area contributed by atoms with E-state index in [2.05, 4.69) is 18.0 Å². The van der Waals surface area contributed by atoms with Crippen LogP contribution in [-0.2, 0) is 14.4 Å². The maximum absolute atomic E-state index is 14.2. The Hall–Kier alpha value is -3.41. The molecule has 288 valence electrons. The quantitative estimate of drug-likeness (QED) is 0.0798. The van der Waals surface area contributed by atoms with Crippen LogP contribution in [0.4, 0.5) is 4.79 Å². The molecule has 1 aromatic rings. The maximum Gasteiger partial charge on any atom is 0.412 e. The van der Waals surface area contributed by atoms with E-state index in [0.29, 0.717) is 56.3 Å². The molecule has 0 saturated heterocycles. The summed E-state index contributed by atoms with van der Waals surface area (Å²) < 4.78 is 19.8. The lowest BCUT2D eigenvalue weighted by Crippen LogP contribution is -2.69. The minimum atomic E-state index is -1.28. The Bertz CT molecular complexity index is 1420. The first-order chi connectivity index (χ1) is 25.3. The Morgan fingerprint density at radius 1 is 1.10 bits per heavy atom. The van der Waals surface area contributed by atoms with Gasteiger partial charge in [-0.25, -0.2) is 4.79 Å². The van der Waals surface area contributed by atoms with Gasteiger partial charge in [0.25, 0.3) is 0 Å². The zero-order valence-electron chi connectivity index (χ0n) is 31.5. The molecule has 0 radical (unpaired) electrons. The maximum atomic E-state index is 14.2. The summed E-state index contributed by atoms with van der Waals surface area (Å²) in [7, 11) is 1.87. The Balaban J connectivity index is 1.68. The van der Waals surface area contributed by atoms with Gasteiger partial charge in [-0.15, -0.1) is 6.58 Å². The van der Waals surface area contributed by atoms with Crippen LogP contribution in [0.2, 0.25) is 0 Å². The van der Waals surface area contributed by atoms with Gasteiger partial charge in [-0.05, 0) is 87.5 Å². The normalized spacial score (nSPS) is 27.2. The van der Waals surface area contributed by atoms with E-state index in [1.165, 1.54) is 25.7 Å². The molecule has 52 heavy (non-hydrogen) atoms. The van der Waals surface area contributed by atoms with E-state index in [1.807, 2.05) is 37.9 Å². The van der Waals surface area contributed by atoms with Crippen LogP contribution in [0, 0.1) is 23.7 Å². The molecule has 1 aromatic carbocycles. The number of carbonyl (C=O) groups is 2. The van der Waals surface area contributed by atoms with Gasteiger partial charge < -0.3 is 39.5 Å². The third kappa shape index (κ3) is 8.85. The zero-order valence-corrected chi connectivity index (χ0v) is 31.5. The average Bonchev–Trinajstić information content (AvgIpc) is 3.67. The van der Waals surface area contributed by atoms with Crippen molar-refractivity contribution in [2.45, 2.75) is 115 Å². The minimum absolute atomic E-state index is 0.0514. The molecule has 1 aliphatic heterocycles. The molecule has 2 amide bonds. The van der Waals surface area contributed by atoms with Gasteiger partial charge >= 0.3 is 6.09 Å². The molecule has 0 spiro atoms. The van der Waals surface area contributed by atoms with Gasteiger partial charge in [-0.2, -0.15) is 0 Å². The smallest absolute Gasteiger partial charge is 0.412 e. The summed E-state index contributed by atoms with van der Waals surface area (Å²) in [4.78, 5) is 34.3. The lowest BCUT2D eigenvalue weighted by Gasteiger charge is -2.59. The van der Waals surface area contributed by atoms with Crippen LogP contribution in [0.25, 0.3) is 0 Å². The van der Waals surface area contributed by atoms with Gasteiger partial charge in [-0.3, -0.25) is 4.79 Å². The summed E-state index contributed by atoms with van der Waals surface area (Å²) >= 11 is 0. The third-order valence-electron chi connectivity index (χ3n) is 11.6. The highest BCUT2D eigenvalue weighted by Crippen LogP contribution is 2.61. The van der Waals surface area contributed by atoms with Crippen molar-refractivity contribution in [2.75, 3.05) is 40.0 Å². The Morgan fingerprint density at radius 3 is 2.54 bits per heavy atom. The number of carbonyl (C=O) groups excluding carboxylic acids is 2. The highest BCUT2D eigenvalue weighted by atomic mass is 16.7. The molecule has 6 unspecified atom stereocenters. The highest BCUT2D eigenvalue weighted by molar-refractivity contribution is 6.03. The van der Waals surface area contributed by atoms with E-state index in [1.54, 1.807) is 12.1 Å². The lowest BCUT2D eigenvalue weighted by molar-refractivity contribution is -0.255. The van der Waals surface area contributed by atoms with Crippen LogP contribution in [-0.4, -0.2) is 84.7 Å². The number of likely N-dealkylation sites (N-methyl/N-ethyl adjacent to an activating group) is 1. The van der Waals surface area contributed by atoms with Crippen LogP contribution >= 0.6 is 0 Å². The average molecular weight is 724 g/mol.